The number of aromatic nitrogens is 2. The predicted octanol–water partition coefficient (Wildman–Crippen LogP) is 4.44. The molecule has 0 bridgehead atoms. The molecule has 25 heavy (non-hydrogen) atoms. The highest BCUT2D eigenvalue weighted by Gasteiger charge is 2.26. The van der Waals surface area contributed by atoms with Gasteiger partial charge in [-0.1, -0.05) is 13.0 Å². The van der Waals surface area contributed by atoms with Crippen LogP contribution in [0.3, 0.4) is 0 Å². The predicted molar refractivity (Wildman–Crippen MR) is 105 cm³/mol. The minimum atomic E-state index is 0.225. The molecule has 3 rings (SSSR count). The second-order valence-electron chi connectivity index (χ2n) is 6.57. The summed E-state index contributed by atoms with van der Waals surface area (Å²) in [4.78, 5) is 12.6. The molecule has 0 spiro atoms. The average molecular weight is 358 g/mol. The van der Waals surface area contributed by atoms with Gasteiger partial charge in [-0.25, -0.2) is 9.97 Å². The molecular formula is C20H27N3OS. The monoisotopic (exact) mass is 357 g/mol. The summed E-state index contributed by atoms with van der Waals surface area (Å²) in [7, 11) is 0. The molecule has 1 atom stereocenters. The van der Waals surface area contributed by atoms with Gasteiger partial charge in [0.05, 0.1) is 6.10 Å². The van der Waals surface area contributed by atoms with Crippen LogP contribution in [0.15, 0.2) is 41.6 Å². The van der Waals surface area contributed by atoms with E-state index < -0.39 is 0 Å². The molecule has 1 aliphatic rings. The van der Waals surface area contributed by atoms with Crippen molar-refractivity contribution in [2.24, 2.45) is 5.92 Å². The summed E-state index contributed by atoms with van der Waals surface area (Å²) < 4.78 is 6.20. The summed E-state index contributed by atoms with van der Waals surface area (Å²) in [6.45, 7) is 6.31. The van der Waals surface area contributed by atoms with Crippen LogP contribution in [0.2, 0.25) is 0 Å². The number of aryl methyl sites for hydroxylation is 1. The first-order chi connectivity index (χ1) is 12.2. The molecule has 0 unspecified atom stereocenters. The maximum atomic E-state index is 6.20. The van der Waals surface area contributed by atoms with E-state index in [1.54, 1.807) is 11.8 Å². The fourth-order valence-electron chi connectivity index (χ4n) is 3.25. The molecule has 0 radical (unpaired) electrons. The maximum Gasteiger partial charge on any atom is 0.225 e. The largest absolute Gasteiger partial charge is 0.490 e. The lowest BCUT2D eigenvalue weighted by molar-refractivity contribution is 0.132. The highest BCUT2D eigenvalue weighted by molar-refractivity contribution is 7.98. The Labute approximate surface area is 155 Å². The minimum absolute atomic E-state index is 0.225. The van der Waals surface area contributed by atoms with Crippen LogP contribution < -0.4 is 9.64 Å². The Hall–Kier alpha value is -1.75. The molecule has 0 amide bonds. The van der Waals surface area contributed by atoms with Crippen molar-refractivity contribution in [3.8, 4) is 5.75 Å². The lowest BCUT2D eigenvalue weighted by Crippen LogP contribution is -2.39. The van der Waals surface area contributed by atoms with Crippen molar-refractivity contribution in [3.63, 3.8) is 0 Å². The van der Waals surface area contributed by atoms with E-state index in [-0.39, 0.29) is 6.10 Å². The summed E-state index contributed by atoms with van der Waals surface area (Å²) in [5.74, 6) is 2.40. The van der Waals surface area contributed by atoms with Crippen molar-refractivity contribution >= 4 is 17.7 Å². The minimum Gasteiger partial charge on any atom is -0.490 e. The molecule has 1 aliphatic heterocycles. The van der Waals surface area contributed by atoms with Gasteiger partial charge in [0.25, 0.3) is 0 Å². The quantitative estimate of drug-likeness (QED) is 0.714. The molecule has 0 N–H and O–H groups in total. The van der Waals surface area contributed by atoms with Gasteiger partial charge in [0.1, 0.15) is 5.75 Å². The second-order valence-corrected chi connectivity index (χ2v) is 7.45. The Bertz CT molecular complexity index is 669. The standard InChI is InChI=1S/C20H27N3OS/c1-4-16-13-21-20(22-14-16)23-10-8-17(9-11-23)15(2)24-18-6-5-7-19(12-18)25-3/h5-7,12-15,17H,4,8-11H2,1-3H3/t15-/m0/s1. The Balaban J connectivity index is 1.53. The van der Waals surface area contributed by atoms with Gasteiger partial charge in [0, 0.05) is 30.4 Å². The van der Waals surface area contributed by atoms with E-state index in [2.05, 4.69) is 59.2 Å². The normalized spacial score (nSPS) is 16.7. The summed E-state index contributed by atoms with van der Waals surface area (Å²) in [6.07, 6.45) is 9.41. The van der Waals surface area contributed by atoms with E-state index in [0.29, 0.717) is 5.92 Å². The number of thioether (sulfide) groups is 1. The SMILES string of the molecule is CCc1cnc(N2CCC([C@H](C)Oc3cccc(SC)c3)CC2)nc1. The van der Waals surface area contributed by atoms with Gasteiger partial charge in [-0.15, -0.1) is 11.8 Å². The number of anilines is 1. The molecule has 1 saturated heterocycles. The van der Waals surface area contributed by atoms with E-state index >= 15 is 0 Å². The first-order valence-corrected chi connectivity index (χ1v) is 10.3. The van der Waals surface area contributed by atoms with E-state index in [9.17, 15) is 0 Å². The van der Waals surface area contributed by atoms with E-state index in [1.807, 2.05) is 12.4 Å². The Morgan fingerprint density at radius 2 is 1.96 bits per heavy atom. The van der Waals surface area contributed by atoms with E-state index in [1.165, 1.54) is 10.5 Å². The zero-order chi connectivity index (χ0) is 17.6. The van der Waals surface area contributed by atoms with Gasteiger partial charge in [-0.3, -0.25) is 0 Å². The fourth-order valence-corrected chi connectivity index (χ4v) is 3.70. The third-order valence-corrected chi connectivity index (χ3v) is 5.67. The van der Waals surface area contributed by atoms with Crippen LogP contribution in [0.4, 0.5) is 5.95 Å². The van der Waals surface area contributed by atoms with Gasteiger partial charge in [0.15, 0.2) is 0 Å². The van der Waals surface area contributed by atoms with Gasteiger partial charge in [0.2, 0.25) is 5.95 Å². The third kappa shape index (κ3) is 4.66. The molecule has 0 saturated carbocycles. The van der Waals surface area contributed by atoms with Crippen LogP contribution >= 0.6 is 11.8 Å². The van der Waals surface area contributed by atoms with Gasteiger partial charge in [-0.2, -0.15) is 0 Å². The molecule has 1 aromatic carbocycles. The van der Waals surface area contributed by atoms with Crippen LogP contribution in [0, 0.1) is 5.92 Å². The average Bonchev–Trinajstić information content (AvgIpc) is 2.68. The molecule has 0 aliphatic carbocycles. The zero-order valence-corrected chi connectivity index (χ0v) is 16.1. The number of ether oxygens (including phenoxy) is 1. The molecule has 2 heterocycles. The van der Waals surface area contributed by atoms with Gasteiger partial charge >= 0.3 is 0 Å². The Kier molecular flexibility index (Phi) is 6.19. The smallest absolute Gasteiger partial charge is 0.225 e. The van der Waals surface area contributed by atoms with Crippen molar-refractivity contribution in [1.82, 2.24) is 9.97 Å². The molecule has 1 aromatic heterocycles. The van der Waals surface area contributed by atoms with Crippen LogP contribution in [-0.2, 0) is 6.42 Å². The summed E-state index contributed by atoms with van der Waals surface area (Å²) in [5, 5.41) is 0. The number of rotatable bonds is 6. The first-order valence-electron chi connectivity index (χ1n) is 9.06. The highest BCUT2D eigenvalue weighted by atomic mass is 32.2. The van der Waals surface area contributed by atoms with Crippen LogP contribution in [0.25, 0.3) is 0 Å². The van der Waals surface area contributed by atoms with Crippen molar-refractivity contribution in [3.05, 3.63) is 42.2 Å². The number of nitrogens with zero attached hydrogens (tertiary/aromatic N) is 3. The molecular weight excluding hydrogens is 330 g/mol. The van der Waals surface area contributed by atoms with Crippen LogP contribution in [-0.4, -0.2) is 35.4 Å². The summed E-state index contributed by atoms with van der Waals surface area (Å²) in [6, 6.07) is 8.35. The third-order valence-electron chi connectivity index (χ3n) is 4.95. The fraction of sp³-hybridized carbons (Fsp3) is 0.500. The van der Waals surface area contributed by atoms with Crippen LogP contribution in [0.5, 0.6) is 5.75 Å². The van der Waals surface area contributed by atoms with Crippen molar-refractivity contribution in [2.45, 2.75) is 44.1 Å². The van der Waals surface area contributed by atoms with E-state index in [4.69, 9.17) is 4.74 Å². The Morgan fingerprint density at radius 1 is 1.24 bits per heavy atom. The zero-order valence-electron chi connectivity index (χ0n) is 15.3. The second kappa shape index (κ2) is 8.56. The molecule has 4 nitrogen and oxygen atoms in total. The number of piperidine rings is 1. The number of hydrogen-bond donors (Lipinski definition) is 0. The van der Waals surface area contributed by atoms with Crippen molar-refractivity contribution < 1.29 is 4.74 Å². The topological polar surface area (TPSA) is 38.2 Å². The van der Waals surface area contributed by atoms with Crippen molar-refractivity contribution in [1.29, 1.82) is 0 Å². The number of hydrogen-bond acceptors (Lipinski definition) is 5. The number of benzene rings is 1. The van der Waals surface area contributed by atoms with Crippen molar-refractivity contribution in [2.75, 3.05) is 24.2 Å². The van der Waals surface area contributed by atoms with E-state index in [0.717, 1.165) is 44.0 Å². The summed E-state index contributed by atoms with van der Waals surface area (Å²) >= 11 is 1.75. The molecule has 1 fully saturated rings. The lowest BCUT2D eigenvalue weighted by atomic mass is 9.92. The highest BCUT2D eigenvalue weighted by Crippen LogP contribution is 2.27. The lowest BCUT2D eigenvalue weighted by Gasteiger charge is -2.34. The molecule has 134 valence electrons. The maximum absolute atomic E-state index is 6.20. The van der Waals surface area contributed by atoms with Gasteiger partial charge in [-0.05, 0) is 62.1 Å². The molecule has 2 aromatic rings. The summed E-state index contributed by atoms with van der Waals surface area (Å²) in [5.41, 5.74) is 1.19. The first kappa shape index (κ1) is 18.1. The Morgan fingerprint density at radius 3 is 2.60 bits per heavy atom. The van der Waals surface area contributed by atoms with Crippen LogP contribution in [0.1, 0.15) is 32.3 Å². The molecule has 5 heteroatoms. The van der Waals surface area contributed by atoms with Gasteiger partial charge < -0.3 is 9.64 Å².